The molecular formula is C15H24N4O. The van der Waals surface area contributed by atoms with E-state index in [1.165, 1.54) is 0 Å². The van der Waals surface area contributed by atoms with E-state index in [0.29, 0.717) is 0 Å². The molecule has 110 valence electrons. The number of nitrogens with zero attached hydrogens (tertiary/aromatic N) is 3. The van der Waals surface area contributed by atoms with E-state index in [0.717, 1.165) is 42.8 Å². The molecule has 2 aromatic heterocycles. The maximum Gasteiger partial charge on any atom is 0.152 e. The van der Waals surface area contributed by atoms with Crippen LogP contribution in [-0.4, -0.2) is 32.9 Å². The SMILES string of the molecule is CC(C)(C)c1cc2c(NCCCCCO)nccn2n1. The predicted molar refractivity (Wildman–Crippen MR) is 81.1 cm³/mol. The van der Waals surface area contributed by atoms with Crippen molar-refractivity contribution in [3.63, 3.8) is 0 Å². The second kappa shape index (κ2) is 6.22. The molecule has 0 radical (unpaired) electrons. The summed E-state index contributed by atoms with van der Waals surface area (Å²) in [6.45, 7) is 7.60. The Morgan fingerprint density at radius 3 is 2.75 bits per heavy atom. The molecule has 0 aliphatic rings. The van der Waals surface area contributed by atoms with Crippen LogP contribution < -0.4 is 5.32 Å². The fourth-order valence-corrected chi connectivity index (χ4v) is 2.05. The van der Waals surface area contributed by atoms with Gasteiger partial charge in [0.25, 0.3) is 0 Å². The summed E-state index contributed by atoms with van der Waals surface area (Å²) in [7, 11) is 0. The van der Waals surface area contributed by atoms with E-state index in [-0.39, 0.29) is 12.0 Å². The first-order valence-electron chi connectivity index (χ1n) is 7.22. The first-order chi connectivity index (χ1) is 9.52. The molecule has 2 aromatic rings. The van der Waals surface area contributed by atoms with E-state index in [9.17, 15) is 0 Å². The summed E-state index contributed by atoms with van der Waals surface area (Å²) in [6.07, 6.45) is 6.56. The zero-order valence-corrected chi connectivity index (χ0v) is 12.6. The molecule has 0 unspecified atom stereocenters. The van der Waals surface area contributed by atoms with E-state index >= 15 is 0 Å². The summed E-state index contributed by atoms with van der Waals surface area (Å²) in [5, 5.41) is 16.7. The molecule has 0 saturated carbocycles. The Morgan fingerprint density at radius 1 is 1.25 bits per heavy atom. The molecule has 2 N–H and O–H groups in total. The Labute approximate surface area is 120 Å². The van der Waals surface area contributed by atoms with Crippen LogP contribution in [0.3, 0.4) is 0 Å². The number of unbranched alkanes of at least 4 members (excludes halogenated alkanes) is 2. The highest BCUT2D eigenvalue weighted by atomic mass is 16.2. The zero-order chi connectivity index (χ0) is 14.6. The van der Waals surface area contributed by atoms with Gasteiger partial charge in [0.15, 0.2) is 5.82 Å². The summed E-state index contributed by atoms with van der Waals surface area (Å²) < 4.78 is 1.88. The lowest BCUT2D eigenvalue weighted by atomic mass is 9.92. The number of anilines is 1. The Kier molecular flexibility index (Phi) is 4.60. The van der Waals surface area contributed by atoms with E-state index in [4.69, 9.17) is 5.11 Å². The van der Waals surface area contributed by atoms with E-state index in [1.54, 1.807) is 6.20 Å². The molecule has 0 fully saturated rings. The highest BCUT2D eigenvalue weighted by molar-refractivity contribution is 5.68. The van der Waals surface area contributed by atoms with E-state index in [2.05, 4.69) is 42.2 Å². The lowest BCUT2D eigenvalue weighted by molar-refractivity contribution is 0.283. The van der Waals surface area contributed by atoms with Gasteiger partial charge in [-0.2, -0.15) is 5.10 Å². The van der Waals surface area contributed by atoms with Crippen molar-refractivity contribution in [2.45, 2.75) is 45.4 Å². The largest absolute Gasteiger partial charge is 0.396 e. The molecule has 5 nitrogen and oxygen atoms in total. The third kappa shape index (κ3) is 3.48. The molecule has 0 bridgehead atoms. The minimum atomic E-state index is 0.0322. The van der Waals surface area contributed by atoms with Gasteiger partial charge in [0.1, 0.15) is 5.52 Å². The second-order valence-electron chi connectivity index (χ2n) is 6.10. The van der Waals surface area contributed by atoms with Gasteiger partial charge in [-0.25, -0.2) is 9.50 Å². The summed E-state index contributed by atoms with van der Waals surface area (Å²) in [6, 6.07) is 2.10. The minimum Gasteiger partial charge on any atom is -0.396 e. The first-order valence-corrected chi connectivity index (χ1v) is 7.22. The van der Waals surface area contributed by atoms with Gasteiger partial charge in [-0.1, -0.05) is 20.8 Å². The minimum absolute atomic E-state index is 0.0322. The standard InChI is InChI=1S/C15H24N4O/c1-15(2,3)13-11-12-14(16-7-5-4-6-10-20)17-8-9-19(12)18-13/h8-9,11,20H,4-7,10H2,1-3H3,(H,16,17). The van der Waals surface area contributed by atoms with Crippen LogP contribution in [0.2, 0.25) is 0 Å². The third-order valence-electron chi connectivity index (χ3n) is 3.29. The fourth-order valence-electron chi connectivity index (χ4n) is 2.05. The second-order valence-corrected chi connectivity index (χ2v) is 6.10. The van der Waals surface area contributed by atoms with Crippen molar-refractivity contribution in [1.29, 1.82) is 0 Å². The van der Waals surface area contributed by atoms with E-state index < -0.39 is 0 Å². The molecule has 0 spiro atoms. The third-order valence-corrected chi connectivity index (χ3v) is 3.29. The van der Waals surface area contributed by atoms with Crippen LogP contribution in [0, 0.1) is 0 Å². The topological polar surface area (TPSA) is 62.5 Å². The summed E-state index contributed by atoms with van der Waals surface area (Å²) in [4.78, 5) is 4.40. The maximum atomic E-state index is 8.76. The Morgan fingerprint density at radius 2 is 2.05 bits per heavy atom. The average Bonchev–Trinajstić information content (AvgIpc) is 2.83. The van der Waals surface area contributed by atoms with Gasteiger partial charge < -0.3 is 10.4 Å². The van der Waals surface area contributed by atoms with Crippen molar-refractivity contribution in [1.82, 2.24) is 14.6 Å². The molecule has 20 heavy (non-hydrogen) atoms. The highest BCUT2D eigenvalue weighted by Crippen LogP contribution is 2.24. The van der Waals surface area contributed by atoms with Crippen molar-refractivity contribution in [3.05, 3.63) is 24.2 Å². The Balaban J connectivity index is 2.11. The number of hydrogen-bond donors (Lipinski definition) is 2. The van der Waals surface area contributed by atoms with Crippen LogP contribution >= 0.6 is 0 Å². The van der Waals surface area contributed by atoms with Crippen molar-refractivity contribution in [2.75, 3.05) is 18.5 Å². The molecule has 0 amide bonds. The van der Waals surface area contributed by atoms with Gasteiger partial charge in [0, 0.05) is 31.0 Å². The highest BCUT2D eigenvalue weighted by Gasteiger charge is 2.18. The predicted octanol–water partition coefficient (Wildman–Crippen LogP) is 2.60. The van der Waals surface area contributed by atoms with Crippen LogP contribution in [0.4, 0.5) is 5.82 Å². The first kappa shape index (κ1) is 14.8. The quantitative estimate of drug-likeness (QED) is 0.796. The fraction of sp³-hybridized carbons (Fsp3) is 0.600. The van der Waals surface area contributed by atoms with Crippen LogP contribution in [0.1, 0.15) is 45.7 Å². The van der Waals surface area contributed by atoms with Crippen LogP contribution in [0.15, 0.2) is 18.5 Å². The van der Waals surface area contributed by atoms with Crippen LogP contribution in [0.25, 0.3) is 5.52 Å². The maximum absolute atomic E-state index is 8.76. The van der Waals surface area contributed by atoms with Gasteiger partial charge in [0.2, 0.25) is 0 Å². The Hall–Kier alpha value is -1.62. The van der Waals surface area contributed by atoms with Crippen LogP contribution in [0.5, 0.6) is 0 Å². The number of fused-ring (bicyclic) bond motifs is 1. The molecule has 0 aliphatic heterocycles. The van der Waals surface area contributed by atoms with Crippen molar-refractivity contribution >= 4 is 11.3 Å². The molecule has 0 aliphatic carbocycles. The van der Waals surface area contributed by atoms with Gasteiger partial charge in [-0.15, -0.1) is 0 Å². The van der Waals surface area contributed by atoms with Gasteiger partial charge >= 0.3 is 0 Å². The lowest BCUT2D eigenvalue weighted by Crippen LogP contribution is -2.11. The lowest BCUT2D eigenvalue weighted by Gasteiger charge is -2.13. The molecular weight excluding hydrogens is 252 g/mol. The molecule has 0 saturated heterocycles. The summed E-state index contributed by atoms with van der Waals surface area (Å²) in [5.74, 6) is 0.875. The van der Waals surface area contributed by atoms with E-state index in [1.807, 2.05) is 10.7 Å². The Bertz CT molecular complexity index is 556. The van der Waals surface area contributed by atoms with Crippen molar-refractivity contribution in [3.8, 4) is 0 Å². The molecule has 0 aromatic carbocycles. The molecule has 5 heteroatoms. The monoisotopic (exact) mass is 276 g/mol. The van der Waals surface area contributed by atoms with Gasteiger partial charge in [0.05, 0.1) is 5.69 Å². The van der Waals surface area contributed by atoms with Gasteiger partial charge in [-0.3, -0.25) is 0 Å². The summed E-state index contributed by atoms with van der Waals surface area (Å²) >= 11 is 0. The normalized spacial score (nSPS) is 12.0. The number of hydrogen-bond acceptors (Lipinski definition) is 4. The molecule has 0 atom stereocenters. The smallest absolute Gasteiger partial charge is 0.152 e. The zero-order valence-electron chi connectivity index (χ0n) is 12.6. The molecule has 2 rings (SSSR count). The number of nitrogens with one attached hydrogen (secondary N) is 1. The average molecular weight is 276 g/mol. The van der Waals surface area contributed by atoms with Crippen molar-refractivity contribution < 1.29 is 5.11 Å². The number of aromatic nitrogens is 3. The number of aliphatic hydroxyl groups is 1. The van der Waals surface area contributed by atoms with Crippen LogP contribution in [-0.2, 0) is 5.41 Å². The van der Waals surface area contributed by atoms with Gasteiger partial charge in [-0.05, 0) is 25.3 Å². The number of rotatable bonds is 6. The molecule has 2 heterocycles. The summed E-state index contributed by atoms with van der Waals surface area (Å²) in [5.41, 5.74) is 2.11. The number of aliphatic hydroxyl groups excluding tert-OH is 1. The van der Waals surface area contributed by atoms with Crippen molar-refractivity contribution in [2.24, 2.45) is 0 Å².